The molecule has 0 unspecified atom stereocenters. The van der Waals surface area contributed by atoms with Crippen molar-refractivity contribution in [3.63, 3.8) is 0 Å². The molecule has 0 saturated carbocycles. The molecule has 1 fully saturated rings. The third-order valence-corrected chi connectivity index (χ3v) is 1.60. The molecule has 0 bridgehead atoms. The quantitative estimate of drug-likeness (QED) is 0.609. The molecule has 0 radical (unpaired) electrons. The van der Waals surface area contributed by atoms with E-state index < -0.39 is 0 Å². The Morgan fingerprint density at radius 1 is 1.20 bits per heavy atom. The zero-order chi connectivity index (χ0) is 12.7. The highest BCUT2D eigenvalue weighted by atomic mass is 16.5. The maximum Gasteiger partial charge on any atom is 0.305 e. The molecule has 2 heteroatoms. The van der Waals surface area contributed by atoms with Gasteiger partial charge in [-0.25, -0.2) is 0 Å². The van der Waals surface area contributed by atoms with Gasteiger partial charge in [-0.05, 0) is 12.3 Å². The minimum absolute atomic E-state index is 0.0463. The molecule has 0 aliphatic carbocycles. The number of carbonyl (C=O) groups excluding carboxylic acids is 1. The van der Waals surface area contributed by atoms with E-state index in [1.165, 1.54) is 6.42 Å². The van der Waals surface area contributed by atoms with Crippen molar-refractivity contribution in [2.75, 3.05) is 6.61 Å². The molecule has 0 amide bonds. The molecule has 1 aliphatic heterocycles. The first-order valence-corrected chi connectivity index (χ1v) is 6.32. The second-order valence-electron chi connectivity index (χ2n) is 3.13. The predicted molar refractivity (Wildman–Crippen MR) is 68.0 cm³/mol. The van der Waals surface area contributed by atoms with Crippen LogP contribution in [0.25, 0.3) is 0 Å². The molecule has 1 saturated heterocycles. The van der Waals surface area contributed by atoms with Crippen molar-refractivity contribution in [2.45, 2.75) is 67.7 Å². The zero-order valence-electron chi connectivity index (χ0n) is 11.7. The van der Waals surface area contributed by atoms with E-state index in [9.17, 15) is 4.79 Å². The van der Waals surface area contributed by atoms with Gasteiger partial charge in [0.15, 0.2) is 0 Å². The van der Waals surface area contributed by atoms with Crippen LogP contribution in [-0.4, -0.2) is 12.6 Å². The van der Waals surface area contributed by atoms with E-state index in [0.29, 0.717) is 13.0 Å². The van der Waals surface area contributed by atoms with Gasteiger partial charge < -0.3 is 4.74 Å². The summed E-state index contributed by atoms with van der Waals surface area (Å²) >= 11 is 0. The summed E-state index contributed by atoms with van der Waals surface area (Å²) in [5, 5.41) is 0. The Balaban J connectivity index is -0.000000146. The summed E-state index contributed by atoms with van der Waals surface area (Å²) in [4.78, 5) is 10.0. The molecule has 0 aromatic carbocycles. The minimum atomic E-state index is -0.0463. The smallest absolute Gasteiger partial charge is 0.305 e. The highest BCUT2D eigenvalue weighted by molar-refractivity contribution is 5.70. The summed E-state index contributed by atoms with van der Waals surface area (Å²) in [5.41, 5.74) is 0. The van der Waals surface area contributed by atoms with E-state index >= 15 is 0 Å². The van der Waals surface area contributed by atoms with E-state index in [1.54, 1.807) is 0 Å². The lowest BCUT2D eigenvalue weighted by Gasteiger charge is -1.90. The Morgan fingerprint density at radius 2 is 1.60 bits per heavy atom. The van der Waals surface area contributed by atoms with Crippen LogP contribution >= 0.6 is 0 Å². The van der Waals surface area contributed by atoms with Gasteiger partial charge in [-0.3, -0.25) is 4.79 Å². The van der Waals surface area contributed by atoms with Crippen molar-refractivity contribution < 1.29 is 9.53 Å². The monoisotopic (exact) mass is 218 g/mol. The van der Waals surface area contributed by atoms with E-state index in [-0.39, 0.29) is 5.97 Å². The van der Waals surface area contributed by atoms with Gasteiger partial charge in [-0.1, -0.05) is 54.9 Å². The Labute approximate surface area is 96.4 Å². The normalized spacial score (nSPS) is 12.4. The fraction of sp³-hybridized carbons (Fsp3) is 0.923. The van der Waals surface area contributed by atoms with Gasteiger partial charge in [0.2, 0.25) is 0 Å². The van der Waals surface area contributed by atoms with Crippen molar-refractivity contribution >= 4 is 5.97 Å². The summed E-state index contributed by atoms with van der Waals surface area (Å²) in [6.07, 6.45) is 2.85. The molecule has 0 aromatic heterocycles. The molecule has 0 aromatic rings. The second-order valence-corrected chi connectivity index (χ2v) is 3.13. The van der Waals surface area contributed by atoms with Crippen molar-refractivity contribution in [1.82, 2.24) is 0 Å². The summed E-state index contributed by atoms with van der Waals surface area (Å²) in [7, 11) is 0. The first-order valence-electron chi connectivity index (χ1n) is 6.32. The molecule has 0 spiro atoms. The summed E-state index contributed by atoms with van der Waals surface area (Å²) < 4.78 is 4.51. The van der Waals surface area contributed by atoms with Gasteiger partial charge in [0.1, 0.15) is 0 Å². The molecule has 1 aliphatic rings. The van der Waals surface area contributed by atoms with Crippen LogP contribution in [0.4, 0.5) is 0 Å². The number of hydrogen-bond acceptors (Lipinski definition) is 2. The van der Waals surface area contributed by atoms with E-state index in [0.717, 1.165) is 12.3 Å². The average molecular weight is 218 g/mol. The highest BCUT2D eigenvalue weighted by Crippen LogP contribution is 2.01. The van der Waals surface area contributed by atoms with Gasteiger partial charge >= 0.3 is 5.97 Å². The number of cyclic esters (lactones) is 1. The van der Waals surface area contributed by atoms with Crippen LogP contribution in [0.3, 0.4) is 0 Å². The van der Waals surface area contributed by atoms with Crippen LogP contribution in [0.5, 0.6) is 0 Å². The third-order valence-electron chi connectivity index (χ3n) is 1.60. The van der Waals surface area contributed by atoms with E-state index in [2.05, 4.69) is 25.5 Å². The van der Waals surface area contributed by atoms with Gasteiger partial charge in [0, 0.05) is 6.42 Å². The summed E-state index contributed by atoms with van der Waals surface area (Å²) in [6.45, 7) is 15.3. The lowest BCUT2D eigenvalue weighted by Crippen LogP contribution is -1.88. The predicted octanol–water partition coefficient (Wildman–Crippen LogP) is 4.43. The molecule has 1 rings (SSSR count). The Morgan fingerprint density at radius 3 is 1.67 bits per heavy atom. The van der Waals surface area contributed by atoms with Crippen LogP contribution in [0.1, 0.15) is 67.7 Å². The molecule has 0 atom stereocenters. The fourth-order valence-corrected chi connectivity index (χ4v) is 0.475. The molecule has 94 valence electrons. The Hall–Kier alpha value is -0.530. The summed E-state index contributed by atoms with van der Waals surface area (Å²) in [5.74, 6) is 0.838. The Kier molecular flexibility index (Phi) is 25.4. The van der Waals surface area contributed by atoms with Gasteiger partial charge in [-0.15, -0.1) is 0 Å². The fourth-order valence-electron chi connectivity index (χ4n) is 0.475. The summed E-state index contributed by atoms with van der Waals surface area (Å²) in [6, 6.07) is 0. The lowest BCUT2D eigenvalue weighted by atomic mass is 10.2. The second kappa shape index (κ2) is 19.1. The number of ether oxygens (including phenoxy) is 1. The van der Waals surface area contributed by atoms with Gasteiger partial charge in [-0.2, -0.15) is 0 Å². The zero-order valence-corrected chi connectivity index (χ0v) is 11.7. The van der Waals surface area contributed by atoms with Crippen molar-refractivity contribution in [1.29, 1.82) is 0 Å². The molecule has 1 heterocycles. The van der Waals surface area contributed by atoms with Crippen LogP contribution in [0.15, 0.2) is 0 Å². The van der Waals surface area contributed by atoms with Gasteiger partial charge in [0.25, 0.3) is 0 Å². The molecular weight excluding hydrogens is 188 g/mol. The first-order chi connectivity index (χ1) is 7.16. The van der Waals surface area contributed by atoms with E-state index in [1.807, 2.05) is 27.7 Å². The molecule has 2 nitrogen and oxygen atoms in total. The number of hydrogen-bond donors (Lipinski definition) is 0. The number of rotatable bonds is 1. The topological polar surface area (TPSA) is 26.3 Å². The van der Waals surface area contributed by atoms with Crippen molar-refractivity contribution in [2.24, 2.45) is 5.92 Å². The standard InChI is InChI=1S/C5H12.C4H6O2.2C2H6/c1-4-5(2)3;5-4-2-1-3-6-4;2*1-2/h5H,4H2,1-3H3;1-3H2;2*1-2H3. The van der Waals surface area contributed by atoms with Gasteiger partial charge in [0.05, 0.1) is 6.61 Å². The van der Waals surface area contributed by atoms with Crippen LogP contribution in [0.2, 0.25) is 0 Å². The van der Waals surface area contributed by atoms with E-state index in [4.69, 9.17) is 0 Å². The lowest BCUT2D eigenvalue weighted by molar-refractivity contribution is -0.137. The Bertz CT molecular complexity index is 101. The first kappa shape index (κ1) is 20.0. The van der Waals surface area contributed by atoms with Crippen molar-refractivity contribution in [3.8, 4) is 0 Å². The highest BCUT2D eigenvalue weighted by Gasteiger charge is 2.08. The van der Waals surface area contributed by atoms with Crippen LogP contribution < -0.4 is 0 Å². The molecule has 15 heavy (non-hydrogen) atoms. The maximum atomic E-state index is 10.0. The largest absolute Gasteiger partial charge is 0.466 e. The minimum Gasteiger partial charge on any atom is -0.466 e. The van der Waals surface area contributed by atoms with Crippen LogP contribution in [0, 0.1) is 5.92 Å². The van der Waals surface area contributed by atoms with Crippen molar-refractivity contribution in [3.05, 3.63) is 0 Å². The van der Waals surface area contributed by atoms with Crippen LogP contribution in [-0.2, 0) is 9.53 Å². The maximum absolute atomic E-state index is 10.0. The molecule has 0 N–H and O–H groups in total. The number of esters is 1. The average Bonchev–Trinajstić information content (AvgIpc) is 2.76. The third kappa shape index (κ3) is 24.7. The SMILES string of the molecule is CC.CC.CCC(C)C.O=C1CCCO1. The molecular formula is C13H30O2. The number of carbonyl (C=O) groups is 1.